The molecule has 0 radical (unpaired) electrons. The van der Waals surface area contributed by atoms with Crippen LogP contribution in [0.5, 0.6) is 11.5 Å². The molecule has 0 unspecified atom stereocenters. The zero-order chi connectivity index (χ0) is 16.8. The van der Waals surface area contributed by atoms with Gasteiger partial charge in [-0.15, -0.1) is 0 Å². The molecule has 0 saturated heterocycles. The lowest BCUT2D eigenvalue weighted by Gasteiger charge is -2.12. The number of hydrogen-bond acceptors (Lipinski definition) is 4. The van der Waals surface area contributed by atoms with Gasteiger partial charge in [0.2, 0.25) is 5.91 Å². The summed E-state index contributed by atoms with van der Waals surface area (Å²) in [5.74, 6) is 0.498. The first-order valence-electron chi connectivity index (χ1n) is 6.94. The minimum absolute atomic E-state index is 0.214. The van der Waals surface area contributed by atoms with Crippen molar-refractivity contribution in [2.45, 2.75) is 6.92 Å². The predicted molar refractivity (Wildman–Crippen MR) is 88.2 cm³/mol. The summed E-state index contributed by atoms with van der Waals surface area (Å²) >= 11 is 0. The van der Waals surface area contributed by atoms with Crippen LogP contribution in [-0.4, -0.2) is 26.0 Å². The van der Waals surface area contributed by atoms with Crippen molar-refractivity contribution in [1.82, 2.24) is 0 Å². The number of nitrogens with one attached hydrogen (secondary N) is 2. The Labute approximate surface area is 134 Å². The fourth-order valence-electron chi connectivity index (χ4n) is 2.07. The lowest BCUT2D eigenvalue weighted by Crippen LogP contribution is -2.14. The summed E-state index contributed by atoms with van der Waals surface area (Å²) < 4.78 is 10.3. The Hall–Kier alpha value is -3.02. The second-order valence-corrected chi connectivity index (χ2v) is 4.78. The molecule has 2 aromatic rings. The Kier molecular flexibility index (Phi) is 5.19. The maximum atomic E-state index is 12.5. The van der Waals surface area contributed by atoms with Crippen LogP contribution >= 0.6 is 0 Å². The van der Waals surface area contributed by atoms with E-state index in [1.54, 1.807) is 49.6 Å². The molecule has 0 aromatic heterocycles. The lowest BCUT2D eigenvalue weighted by molar-refractivity contribution is -0.114. The standard InChI is InChI=1S/C17H18N2O4/c1-11(20)18-13-7-8-16(23-3)15(10-13)17(21)19-12-5-4-6-14(9-12)22-2/h4-10H,1-3H3,(H,18,20)(H,19,21). The zero-order valence-corrected chi connectivity index (χ0v) is 13.2. The van der Waals surface area contributed by atoms with E-state index in [1.807, 2.05) is 0 Å². The van der Waals surface area contributed by atoms with E-state index >= 15 is 0 Å². The molecule has 6 nitrogen and oxygen atoms in total. The van der Waals surface area contributed by atoms with Crippen molar-refractivity contribution in [3.63, 3.8) is 0 Å². The molecular weight excluding hydrogens is 296 g/mol. The SMILES string of the molecule is COc1cccc(NC(=O)c2cc(NC(C)=O)ccc2OC)c1. The number of amides is 2. The predicted octanol–water partition coefficient (Wildman–Crippen LogP) is 2.91. The number of carbonyl (C=O) groups excluding carboxylic acids is 2. The maximum Gasteiger partial charge on any atom is 0.259 e. The van der Waals surface area contributed by atoms with Crippen LogP contribution in [0.25, 0.3) is 0 Å². The fourth-order valence-corrected chi connectivity index (χ4v) is 2.07. The van der Waals surface area contributed by atoms with Gasteiger partial charge >= 0.3 is 0 Å². The van der Waals surface area contributed by atoms with E-state index < -0.39 is 0 Å². The van der Waals surface area contributed by atoms with Crippen molar-refractivity contribution in [2.75, 3.05) is 24.9 Å². The van der Waals surface area contributed by atoms with Gasteiger partial charge in [0.1, 0.15) is 11.5 Å². The van der Waals surface area contributed by atoms with E-state index in [1.165, 1.54) is 14.0 Å². The quantitative estimate of drug-likeness (QED) is 0.889. The van der Waals surface area contributed by atoms with E-state index in [0.717, 1.165) is 0 Å². The Bertz CT molecular complexity index is 728. The number of hydrogen-bond donors (Lipinski definition) is 2. The van der Waals surface area contributed by atoms with Crippen LogP contribution in [-0.2, 0) is 4.79 Å². The van der Waals surface area contributed by atoms with E-state index in [9.17, 15) is 9.59 Å². The van der Waals surface area contributed by atoms with Gasteiger partial charge in [0.15, 0.2) is 0 Å². The number of anilines is 2. The van der Waals surface area contributed by atoms with Gasteiger partial charge < -0.3 is 20.1 Å². The van der Waals surface area contributed by atoms with Crippen LogP contribution in [0.2, 0.25) is 0 Å². The Morgan fingerprint density at radius 1 is 0.913 bits per heavy atom. The van der Waals surface area contributed by atoms with Gasteiger partial charge in [0.05, 0.1) is 19.8 Å². The van der Waals surface area contributed by atoms with Gasteiger partial charge in [-0.3, -0.25) is 9.59 Å². The van der Waals surface area contributed by atoms with Crippen molar-refractivity contribution >= 4 is 23.2 Å². The normalized spacial score (nSPS) is 9.87. The Morgan fingerprint density at radius 2 is 1.65 bits per heavy atom. The lowest BCUT2D eigenvalue weighted by atomic mass is 10.1. The highest BCUT2D eigenvalue weighted by Gasteiger charge is 2.14. The number of benzene rings is 2. The smallest absolute Gasteiger partial charge is 0.259 e. The van der Waals surface area contributed by atoms with E-state index in [4.69, 9.17) is 9.47 Å². The summed E-state index contributed by atoms with van der Waals surface area (Å²) in [5, 5.41) is 5.42. The molecular formula is C17H18N2O4. The Balaban J connectivity index is 2.27. The van der Waals surface area contributed by atoms with E-state index in [-0.39, 0.29) is 11.8 Å². The van der Waals surface area contributed by atoms with Crippen LogP contribution in [0, 0.1) is 0 Å². The minimum Gasteiger partial charge on any atom is -0.497 e. The third-order valence-corrected chi connectivity index (χ3v) is 3.09. The first-order chi connectivity index (χ1) is 11.0. The van der Waals surface area contributed by atoms with Crippen molar-refractivity contribution in [3.05, 3.63) is 48.0 Å². The van der Waals surface area contributed by atoms with Crippen LogP contribution in [0.4, 0.5) is 11.4 Å². The van der Waals surface area contributed by atoms with E-state index in [2.05, 4.69) is 10.6 Å². The topological polar surface area (TPSA) is 76.7 Å². The zero-order valence-electron chi connectivity index (χ0n) is 13.2. The van der Waals surface area contributed by atoms with Crippen molar-refractivity contribution in [3.8, 4) is 11.5 Å². The summed E-state index contributed by atoms with van der Waals surface area (Å²) in [6, 6.07) is 11.9. The highest BCUT2D eigenvalue weighted by Crippen LogP contribution is 2.24. The average molecular weight is 314 g/mol. The molecule has 2 rings (SSSR count). The van der Waals surface area contributed by atoms with Gasteiger partial charge in [-0.25, -0.2) is 0 Å². The fraction of sp³-hybridized carbons (Fsp3) is 0.176. The van der Waals surface area contributed by atoms with Gasteiger partial charge in [-0.2, -0.15) is 0 Å². The largest absolute Gasteiger partial charge is 0.497 e. The first-order valence-corrected chi connectivity index (χ1v) is 6.94. The summed E-state index contributed by atoms with van der Waals surface area (Å²) in [6.45, 7) is 1.40. The van der Waals surface area contributed by atoms with Crippen molar-refractivity contribution in [2.24, 2.45) is 0 Å². The molecule has 0 heterocycles. The molecule has 0 saturated carbocycles. The number of ether oxygens (including phenoxy) is 2. The van der Waals surface area contributed by atoms with Crippen molar-refractivity contribution in [1.29, 1.82) is 0 Å². The molecule has 120 valence electrons. The second kappa shape index (κ2) is 7.31. The average Bonchev–Trinajstić information content (AvgIpc) is 2.54. The number of methoxy groups -OCH3 is 2. The highest BCUT2D eigenvalue weighted by atomic mass is 16.5. The number of rotatable bonds is 5. The monoisotopic (exact) mass is 314 g/mol. The molecule has 0 atom stereocenters. The second-order valence-electron chi connectivity index (χ2n) is 4.78. The molecule has 0 aliphatic rings. The molecule has 0 fully saturated rings. The molecule has 2 aromatic carbocycles. The van der Waals surface area contributed by atoms with Gasteiger partial charge in [0.25, 0.3) is 5.91 Å². The maximum absolute atomic E-state index is 12.5. The summed E-state index contributed by atoms with van der Waals surface area (Å²) in [6.07, 6.45) is 0. The van der Waals surface area contributed by atoms with Crippen molar-refractivity contribution < 1.29 is 19.1 Å². The molecule has 2 amide bonds. The van der Waals surface area contributed by atoms with Gasteiger partial charge in [0, 0.05) is 24.4 Å². The summed E-state index contributed by atoms with van der Waals surface area (Å²) in [7, 11) is 3.04. The molecule has 23 heavy (non-hydrogen) atoms. The number of carbonyl (C=O) groups is 2. The van der Waals surface area contributed by atoms with Gasteiger partial charge in [-0.1, -0.05) is 6.07 Å². The Morgan fingerprint density at radius 3 is 2.30 bits per heavy atom. The molecule has 2 N–H and O–H groups in total. The molecule has 0 aliphatic heterocycles. The molecule has 0 bridgehead atoms. The molecule has 0 aliphatic carbocycles. The molecule has 6 heteroatoms. The highest BCUT2D eigenvalue weighted by molar-refractivity contribution is 6.07. The summed E-state index contributed by atoms with van der Waals surface area (Å²) in [5.41, 5.74) is 1.44. The van der Waals surface area contributed by atoms with Crippen LogP contribution in [0.1, 0.15) is 17.3 Å². The van der Waals surface area contributed by atoms with E-state index in [0.29, 0.717) is 28.4 Å². The van der Waals surface area contributed by atoms with Gasteiger partial charge in [-0.05, 0) is 30.3 Å². The van der Waals surface area contributed by atoms with Crippen LogP contribution < -0.4 is 20.1 Å². The third kappa shape index (κ3) is 4.23. The van der Waals surface area contributed by atoms with Crippen LogP contribution in [0.15, 0.2) is 42.5 Å². The molecule has 0 spiro atoms. The third-order valence-electron chi connectivity index (χ3n) is 3.09. The minimum atomic E-state index is -0.345. The van der Waals surface area contributed by atoms with Crippen LogP contribution in [0.3, 0.4) is 0 Å². The first kappa shape index (κ1) is 16.4. The summed E-state index contributed by atoms with van der Waals surface area (Å²) in [4.78, 5) is 23.6.